The Morgan fingerprint density at radius 3 is 2.40 bits per heavy atom. The minimum atomic E-state index is 0.445. The molecule has 0 heterocycles. The maximum Gasteiger partial charge on any atom is 0.171 e. The molecule has 2 rings (SSSR count). The largest absolute Gasteiger partial charge is 0.497 e. The minimum absolute atomic E-state index is 0.445. The van der Waals surface area contributed by atoms with Gasteiger partial charge in [-0.3, -0.25) is 0 Å². The number of anilines is 1. The molecule has 1 aliphatic rings. The van der Waals surface area contributed by atoms with Crippen LogP contribution in [0.5, 0.6) is 11.5 Å². The molecule has 0 bridgehead atoms. The fourth-order valence-electron chi connectivity index (χ4n) is 3.55. The van der Waals surface area contributed by atoms with Crippen molar-refractivity contribution in [1.82, 2.24) is 5.32 Å². The molecule has 1 saturated carbocycles. The van der Waals surface area contributed by atoms with E-state index in [0.29, 0.717) is 16.6 Å². The fourth-order valence-corrected chi connectivity index (χ4v) is 3.83. The lowest BCUT2D eigenvalue weighted by atomic mass is 9.69. The quantitative estimate of drug-likeness (QED) is 0.697. The summed E-state index contributed by atoms with van der Waals surface area (Å²) in [7, 11) is 3.29. The van der Waals surface area contributed by atoms with Crippen LogP contribution >= 0.6 is 12.2 Å². The topological polar surface area (TPSA) is 42.5 Å². The predicted molar refractivity (Wildman–Crippen MR) is 109 cm³/mol. The van der Waals surface area contributed by atoms with Crippen LogP contribution in [0, 0.1) is 11.3 Å². The van der Waals surface area contributed by atoms with Crippen molar-refractivity contribution in [3.8, 4) is 11.5 Å². The molecule has 5 heteroatoms. The summed E-state index contributed by atoms with van der Waals surface area (Å²) < 4.78 is 10.6. The first-order chi connectivity index (χ1) is 11.9. The van der Waals surface area contributed by atoms with E-state index in [-0.39, 0.29) is 0 Å². The fraction of sp³-hybridized carbons (Fsp3) is 0.650. The molecular weight excluding hydrogens is 332 g/mol. The van der Waals surface area contributed by atoms with Crippen LogP contribution in [-0.2, 0) is 0 Å². The lowest BCUT2D eigenvalue weighted by Crippen LogP contribution is -2.41. The average Bonchev–Trinajstić information content (AvgIpc) is 2.62. The molecule has 4 nitrogen and oxygen atoms in total. The molecule has 0 spiro atoms. The van der Waals surface area contributed by atoms with Gasteiger partial charge in [0.1, 0.15) is 11.5 Å². The monoisotopic (exact) mass is 364 g/mol. The first-order valence-electron chi connectivity index (χ1n) is 9.19. The van der Waals surface area contributed by atoms with Gasteiger partial charge in [0.05, 0.1) is 19.9 Å². The van der Waals surface area contributed by atoms with E-state index in [1.807, 2.05) is 18.2 Å². The molecule has 0 aliphatic heterocycles. The Morgan fingerprint density at radius 2 is 1.84 bits per heavy atom. The molecule has 1 aromatic rings. The highest BCUT2D eigenvalue weighted by atomic mass is 32.1. The number of methoxy groups -OCH3 is 2. The number of thiocarbonyl (C=S) groups is 1. The second-order valence-electron chi connectivity index (χ2n) is 7.56. The molecule has 0 aromatic heterocycles. The Hall–Kier alpha value is -1.49. The van der Waals surface area contributed by atoms with Crippen molar-refractivity contribution in [1.29, 1.82) is 0 Å². The molecule has 1 fully saturated rings. The Bertz CT molecular complexity index is 581. The lowest BCUT2D eigenvalue weighted by Gasteiger charge is -2.39. The summed E-state index contributed by atoms with van der Waals surface area (Å²) in [6.07, 6.45) is 6.14. The zero-order valence-electron chi connectivity index (χ0n) is 16.1. The van der Waals surface area contributed by atoms with Gasteiger partial charge >= 0.3 is 0 Å². The zero-order valence-corrected chi connectivity index (χ0v) is 17.0. The molecular formula is C20H32N2O2S. The first kappa shape index (κ1) is 19.8. The Balaban J connectivity index is 1.88. The number of ether oxygens (including phenoxy) is 2. The maximum absolute atomic E-state index is 5.50. The van der Waals surface area contributed by atoms with Crippen molar-refractivity contribution in [2.24, 2.45) is 11.3 Å². The minimum Gasteiger partial charge on any atom is -0.497 e. The smallest absolute Gasteiger partial charge is 0.171 e. The highest BCUT2D eigenvalue weighted by Crippen LogP contribution is 2.40. The van der Waals surface area contributed by atoms with Crippen molar-refractivity contribution in [2.75, 3.05) is 19.5 Å². The Kier molecular flexibility index (Phi) is 6.94. The van der Waals surface area contributed by atoms with E-state index in [4.69, 9.17) is 21.7 Å². The number of nitrogens with one attached hydrogen (secondary N) is 2. The standard InChI is InChI=1S/C20H32N2O2S/c1-6-20(2,3)14-7-9-15(10-8-14)21-19(25)22-17-12-11-16(23-4)13-18(17)24-5/h11-15H,6-10H2,1-5H3,(H2,21,22,25). The number of rotatable bonds is 6. The van der Waals surface area contributed by atoms with E-state index < -0.39 is 0 Å². The van der Waals surface area contributed by atoms with Gasteiger partial charge in [-0.15, -0.1) is 0 Å². The van der Waals surface area contributed by atoms with Crippen LogP contribution in [0.2, 0.25) is 0 Å². The highest BCUT2D eigenvalue weighted by molar-refractivity contribution is 7.80. The van der Waals surface area contributed by atoms with E-state index in [1.165, 1.54) is 32.1 Å². The van der Waals surface area contributed by atoms with E-state index in [0.717, 1.165) is 23.1 Å². The molecule has 2 N–H and O–H groups in total. The summed E-state index contributed by atoms with van der Waals surface area (Å²) in [6, 6.07) is 6.12. The predicted octanol–water partition coefficient (Wildman–Crippen LogP) is 4.99. The summed E-state index contributed by atoms with van der Waals surface area (Å²) in [5.41, 5.74) is 1.29. The van der Waals surface area contributed by atoms with Crippen molar-refractivity contribution in [2.45, 2.75) is 58.9 Å². The van der Waals surface area contributed by atoms with Gasteiger partial charge in [-0.05, 0) is 61.4 Å². The van der Waals surface area contributed by atoms with Crippen LogP contribution in [0.15, 0.2) is 18.2 Å². The summed E-state index contributed by atoms with van der Waals surface area (Å²) in [6.45, 7) is 7.09. The van der Waals surface area contributed by atoms with Gasteiger partial charge < -0.3 is 20.1 Å². The van der Waals surface area contributed by atoms with Crippen molar-refractivity contribution in [3.05, 3.63) is 18.2 Å². The van der Waals surface area contributed by atoms with Crippen molar-refractivity contribution < 1.29 is 9.47 Å². The molecule has 0 atom stereocenters. The van der Waals surface area contributed by atoms with Gasteiger partial charge in [0.15, 0.2) is 5.11 Å². The van der Waals surface area contributed by atoms with Crippen LogP contribution < -0.4 is 20.1 Å². The van der Waals surface area contributed by atoms with Gasteiger partial charge in [-0.2, -0.15) is 0 Å². The van der Waals surface area contributed by atoms with Gasteiger partial charge in [-0.25, -0.2) is 0 Å². The number of hydrogen-bond acceptors (Lipinski definition) is 3. The van der Waals surface area contributed by atoms with E-state index in [1.54, 1.807) is 14.2 Å². The van der Waals surface area contributed by atoms with E-state index in [9.17, 15) is 0 Å². The third-order valence-electron chi connectivity index (χ3n) is 5.74. The second kappa shape index (κ2) is 8.75. The van der Waals surface area contributed by atoms with Gasteiger partial charge in [-0.1, -0.05) is 27.2 Å². The summed E-state index contributed by atoms with van der Waals surface area (Å²) in [4.78, 5) is 0. The first-order valence-corrected chi connectivity index (χ1v) is 9.60. The van der Waals surface area contributed by atoms with Gasteiger partial charge in [0.2, 0.25) is 0 Å². The SMILES string of the molecule is CCC(C)(C)C1CCC(NC(=S)Nc2ccc(OC)cc2OC)CC1. The summed E-state index contributed by atoms with van der Waals surface area (Å²) in [5.74, 6) is 2.30. The molecule has 140 valence electrons. The normalized spacial score (nSPS) is 20.7. The van der Waals surface area contributed by atoms with Crippen LogP contribution in [0.3, 0.4) is 0 Å². The van der Waals surface area contributed by atoms with Gasteiger partial charge in [0, 0.05) is 12.1 Å². The lowest BCUT2D eigenvalue weighted by molar-refractivity contribution is 0.141. The zero-order chi connectivity index (χ0) is 18.4. The molecule has 1 aromatic carbocycles. The van der Waals surface area contributed by atoms with Gasteiger partial charge in [0.25, 0.3) is 0 Å². The molecule has 0 unspecified atom stereocenters. The molecule has 25 heavy (non-hydrogen) atoms. The van der Waals surface area contributed by atoms with Crippen LogP contribution in [0.1, 0.15) is 52.9 Å². The van der Waals surface area contributed by atoms with Crippen LogP contribution in [0.4, 0.5) is 5.69 Å². The average molecular weight is 365 g/mol. The molecule has 0 saturated heterocycles. The third-order valence-corrected chi connectivity index (χ3v) is 5.96. The van der Waals surface area contributed by atoms with Crippen LogP contribution in [0.25, 0.3) is 0 Å². The Labute approximate surface area is 157 Å². The third kappa shape index (κ3) is 5.24. The number of benzene rings is 1. The van der Waals surface area contributed by atoms with E-state index in [2.05, 4.69) is 31.4 Å². The number of hydrogen-bond donors (Lipinski definition) is 2. The maximum atomic E-state index is 5.50. The summed E-state index contributed by atoms with van der Waals surface area (Å²) in [5, 5.41) is 7.38. The highest BCUT2D eigenvalue weighted by Gasteiger charge is 2.31. The van der Waals surface area contributed by atoms with E-state index >= 15 is 0 Å². The van der Waals surface area contributed by atoms with Crippen LogP contribution in [-0.4, -0.2) is 25.4 Å². The molecule has 0 amide bonds. The van der Waals surface area contributed by atoms with Crippen molar-refractivity contribution >= 4 is 23.0 Å². The molecule has 1 aliphatic carbocycles. The molecule has 0 radical (unpaired) electrons. The van der Waals surface area contributed by atoms with Crippen molar-refractivity contribution in [3.63, 3.8) is 0 Å². The second-order valence-corrected chi connectivity index (χ2v) is 7.96. The Morgan fingerprint density at radius 1 is 1.16 bits per heavy atom. The summed E-state index contributed by atoms with van der Waals surface area (Å²) >= 11 is 5.50.